The van der Waals surface area contributed by atoms with Crippen LogP contribution >= 0.6 is 11.6 Å². The van der Waals surface area contributed by atoms with Crippen LogP contribution in [0.3, 0.4) is 0 Å². The number of nitrogens with zero attached hydrogens (tertiary/aromatic N) is 3. The highest BCUT2D eigenvalue weighted by molar-refractivity contribution is 7.88. The molecule has 0 radical (unpaired) electrons. The summed E-state index contributed by atoms with van der Waals surface area (Å²) in [7, 11) is -3.41. The Labute approximate surface area is 233 Å². The topological polar surface area (TPSA) is 88.2 Å². The molecule has 0 aliphatic carbocycles. The van der Waals surface area contributed by atoms with Gasteiger partial charge in [0.05, 0.1) is 24.3 Å². The summed E-state index contributed by atoms with van der Waals surface area (Å²) in [5, 5.41) is 4.33. The van der Waals surface area contributed by atoms with Gasteiger partial charge in [-0.3, -0.25) is 0 Å². The van der Waals surface area contributed by atoms with Gasteiger partial charge in [-0.1, -0.05) is 99.2 Å². The third-order valence-electron chi connectivity index (χ3n) is 6.71. The lowest BCUT2D eigenvalue weighted by atomic mass is 10.1. The largest absolute Gasteiger partial charge is 0.493 e. The van der Waals surface area contributed by atoms with Gasteiger partial charge in [0.15, 0.2) is 0 Å². The number of benzene rings is 2. The standard InChI is InChI=1S/C29H41ClN4O3S/c1-2-3-4-5-6-12-21-37-29-16-11-10-15-26(29)22-27(30)28(23-32-31)33-17-19-34(20-18-33)38(35,36)24-25-13-8-7-9-14-25/h7-11,13-16,23H,2-6,12,17-22,24,31H2,1H3/b28-27-,32-23-. The first-order chi connectivity index (χ1) is 18.4. The maximum absolute atomic E-state index is 13.0. The molecule has 1 aliphatic heterocycles. The SMILES string of the molecule is CCCCCCCCOc1ccccc1C/C(Cl)=C(\C=N/N)N1CCN(S(=O)(=O)Cc2ccccc2)CC1. The molecule has 38 heavy (non-hydrogen) atoms. The second-order valence-electron chi connectivity index (χ2n) is 9.60. The van der Waals surface area contributed by atoms with Crippen molar-refractivity contribution in [3.63, 3.8) is 0 Å². The molecule has 1 aliphatic rings. The van der Waals surface area contributed by atoms with Crippen molar-refractivity contribution >= 4 is 27.8 Å². The molecular weight excluding hydrogens is 520 g/mol. The zero-order valence-electron chi connectivity index (χ0n) is 22.4. The number of halogens is 1. The Morgan fingerprint density at radius 3 is 2.34 bits per heavy atom. The van der Waals surface area contributed by atoms with Crippen molar-refractivity contribution in [3.05, 3.63) is 76.5 Å². The summed E-state index contributed by atoms with van der Waals surface area (Å²) >= 11 is 6.84. The fraction of sp³-hybridized carbons (Fsp3) is 0.483. The highest BCUT2D eigenvalue weighted by atomic mass is 35.5. The first kappa shape index (κ1) is 30.0. The zero-order valence-corrected chi connectivity index (χ0v) is 24.0. The van der Waals surface area contributed by atoms with Gasteiger partial charge in [0.25, 0.3) is 0 Å². The predicted octanol–water partition coefficient (Wildman–Crippen LogP) is 5.51. The van der Waals surface area contributed by atoms with Gasteiger partial charge >= 0.3 is 0 Å². The third kappa shape index (κ3) is 9.33. The minimum absolute atomic E-state index is 0.00290. The van der Waals surface area contributed by atoms with Gasteiger partial charge in [-0.15, -0.1) is 0 Å². The van der Waals surface area contributed by atoms with E-state index >= 15 is 0 Å². The number of ether oxygens (including phenoxy) is 1. The molecule has 0 aromatic heterocycles. The number of hydrogen-bond donors (Lipinski definition) is 1. The van der Waals surface area contributed by atoms with Crippen LogP contribution in [0.2, 0.25) is 0 Å². The van der Waals surface area contributed by atoms with Gasteiger partial charge in [-0.2, -0.15) is 9.41 Å². The first-order valence-corrected chi connectivity index (χ1v) is 15.5. The Morgan fingerprint density at radius 2 is 1.63 bits per heavy atom. The Bertz CT molecular complexity index is 1150. The summed E-state index contributed by atoms with van der Waals surface area (Å²) in [4.78, 5) is 2.05. The fourth-order valence-corrected chi connectivity index (χ4v) is 6.42. The van der Waals surface area contributed by atoms with Crippen molar-refractivity contribution in [1.29, 1.82) is 0 Å². The smallest absolute Gasteiger partial charge is 0.218 e. The van der Waals surface area contributed by atoms with Crippen LogP contribution in [0.4, 0.5) is 0 Å². The van der Waals surface area contributed by atoms with Gasteiger partial charge in [0.2, 0.25) is 10.0 Å². The molecule has 1 heterocycles. The summed E-state index contributed by atoms with van der Waals surface area (Å²) in [5.41, 5.74) is 2.49. The van der Waals surface area contributed by atoms with Crippen molar-refractivity contribution in [1.82, 2.24) is 9.21 Å². The molecule has 0 spiro atoms. The van der Waals surface area contributed by atoms with Gasteiger partial charge in [-0.25, -0.2) is 8.42 Å². The van der Waals surface area contributed by atoms with Crippen LogP contribution in [0.1, 0.15) is 56.6 Å². The van der Waals surface area contributed by atoms with Crippen molar-refractivity contribution in [2.24, 2.45) is 10.9 Å². The molecule has 0 unspecified atom stereocenters. The van der Waals surface area contributed by atoms with Gasteiger partial charge in [0, 0.05) is 37.6 Å². The summed E-state index contributed by atoms with van der Waals surface area (Å²) in [6.45, 7) is 4.66. The minimum atomic E-state index is -3.41. The normalized spacial score (nSPS) is 15.6. The molecule has 3 rings (SSSR count). The number of hydrogen-bond acceptors (Lipinski definition) is 6. The average molecular weight is 561 g/mol. The van der Waals surface area contributed by atoms with E-state index in [2.05, 4.69) is 12.0 Å². The monoisotopic (exact) mass is 560 g/mol. The van der Waals surface area contributed by atoms with E-state index in [0.29, 0.717) is 49.9 Å². The molecule has 208 valence electrons. The Balaban J connectivity index is 1.60. The Kier molecular flexibility index (Phi) is 12.4. The van der Waals surface area contributed by atoms with Gasteiger partial charge in [0.1, 0.15) is 5.75 Å². The van der Waals surface area contributed by atoms with Crippen LogP contribution in [0.15, 0.2) is 70.4 Å². The Morgan fingerprint density at radius 1 is 0.974 bits per heavy atom. The molecule has 0 saturated carbocycles. The number of hydrazone groups is 1. The maximum Gasteiger partial charge on any atom is 0.218 e. The molecule has 7 nitrogen and oxygen atoms in total. The quantitative estimate of drug-likeness (QED) is 0.134. The van der Waals surface area contributed by atoms with Crippen molar-refractivity contribution in [2.45, 2.75) is 57.6 Å². The highest BCUT2D eigenvalue weighted by Gasteiger charge is 2.28. The molecule has 0 amide bonds. The van der Waals surface area contributed by atoms with Crippen LogP contribution in [0.5, 0.6) is 5.75 Å². The van der Waals surface area contributed by atoms with Crippen LogP contribution in [-0.2, 0) is 22.2 Å². The number of para-hydroxylation sites is 1. The minimum Gasteiger partial charge on any atom is -0.493 e. The number of unbranched alkanes of at least 4 members (excludes halogenated alkanes) is 5. The summed E-state index contributed by atoms with van der Waals surface area (Å²) in [6, 6.07) is 17.2. The number of sulfonamides is 1. The molecule has 2 aromatic carbocycles. The lowest BCUT2D eigenvalue weighted by molar-refractivity contribution is 0.236. The zero-order chi connectivity index (χ0) is 27.2. The second kappa shape index (κ2) is 15.8. The van der Waals surface area contributed by atoms with E-state index in [1.165, 1.54) is 32.1 Å². The molecule has 1 saturated heterocycles. The van der Waals surface area contributed by atoms with Crippen molar-refractivity contribution in [2.75, 3.05) is 32.8 Å². The molecule has 9 heteroatoms. The highest BCUT2D eigenvalue weighted by Crippen LogP contribution is 2.26. The Hall–Kier alpha value is -2.55. The summed E-state index contributed by atoms with van der Waals surface area (Å²) in [5.74, 6) is 6.35. The van der Waals surface area contributed by atoms with Crippen LogP contribution in [0, 0.1) is 0 Å². The number of piperazine rings is 1. The predicted molar refractivity (Wildman–Crippen MR) is 157 cm³/mol. The lowest BCUT2D eigenvalue weighted by Crippen LogP contribution is -2.48. The molecule has 2 N–H and O–H groups in total. The van der Waals surface area contributed by atoms with E-state index in [9.17, 15) is 8.42 Å². The lowest BCUT2D eigenvalue weighted by Gasteiger charge is -2.36. The van der Waals surface area contributed by atoms with Crippen LogP contribution in [-0.4, -0.2) is 56.6 Å². The summed E-state index contributed by atoms with van der Waals surface area (Å²) < 4.78 is 33.6. The fourth-order valence-electron chi connectivity index (χ4n) is 4.59. The number of rotatable bonds is 15. The van der Waals surface area contributed by atoms with Crippen LogP contribution in [0.25, 0.3) is 0 Å². The van der Waals surface area contributed by atoms with Gasteiger partial charge in [-0.05, 0) is 23.6 Å². The van der Waals surface area contributed by atoms with E-state index in [-0.39, 0.29) is 5.75 Å². The molecular formula is C29H41ClN4O3S. The van der Waals surface area contributed by atoms with Crippen molar-refractivity contribution in [3.8, 4) is 5.75 Å². The molecule has 1 fully saturated rings. The maximum atomic E-state index is 13.0. The number of allylic oxidation sites excluding steroid dienone is 2. The van der Waals surface area contributed by atoms with E-state index < -0.39 is 10.0 Å². The summed E-state index contributed by atoms with van der Waals surface area (Å²) in [6.07, 6.45) is 9.30. The molecule has 2 aromatic rings. The average Bonchev–Trinajstić information content (AvgIpc) is 2.92. The molecule has 0 bridgehead atoms. The first-order valence-electron chi connectivity index (χ1n) is 13.5. The molecule has 0 atom stereocenters. The third-order valence-corrected chi connectivity index (χ3v) is 8.89. The number of nitrogens with two attached hydrogens (primary N) is 1. The van der Waals surface area contributed by atoms with E-state index in [0.717, 1.165) is 23.3 Å². The second-order valence-corrected chi connectivity index (χ2v) is 12.0. The van der Waals surface area contributed by atoms with E-state index in [1.807, 2.05) is 59.5 Å². The van der Waals surface area contributed by atoms with Crippen molar-refractivity contribution < 1.29 is 13.2 Å². The van der Waals surface area contributed by atoms with E-state index in [1.54, 1.807) is 10.5 Å². The van der Waals surface area contributed by atoms with Gasteiger partial charge < -0.3 is 15.5 Å². The van der Waals surface area contributed by atoms with Crippen LogP contribution < -0.4 is 10.6 Å². The van der Waals surface area contributed by atoms with E-state index in [4.69, 9.17) is 22.2 Å².